The molecule has 0 unspecified atom stereocenters. The molecule has 0 spiro atoms. The lowest BCUT2D eigenvalue weighted by Crippen LogP contribution is -2.19. The second kappa shape index (κ2) is 4.01. The molecule has 0 aromatic rings. The molecule has 0 atom stereocenters. The Balaban J connectivity index is 3.80. The number of rotatable bonds is 3. The van der Waals surface area contributed by atoms with Gasteiger partial charge in [0.1, 0.15) is 0 Å². The third kappa shape index (κ3) is 7.73. The molecule has 0 aromatic carbocycles. The highest BCUT2D eigenvalue weighted by Crippen LogP contribution is 2.19. The third-order valence-corrected chi connectivity index (χ3v) is 4.34. The molecule has 0 aromatic heterocycles. The summed E-state index contributed by atoms with van der Waals surface area (Å²) < 4.78 is 26.3. The third-order valence-electron chi connectivity index (χ3n) is 0.932. The molecule has 5 heteroatoms. The highest BCUT2D eigenvalue weighted by Gasteiger charge is 2.20. The number of hydrogen-bond donors (Lipinski definition) is 0. The summed E-state index contributed by atoms with van der Waals surface area (Å²) in [5.74, 6) is 0. The van der Waals surface area contributed by atoms with Crippen LogP contribution in [0.2, 0.25) is 12.6 Å². The van der Waals surface area contributed by atoms with Gasteiger partial charge in [0.25, 0.3) is 0 Å². The van der Waals surface area contributed by atoms with Crippen LogP contribution in [0.5, 0.6) is 0 Å². The van der Waals surface area contributed by atoms with E-state index in [0.717, 1.165) is 0 Å². The highest BCUT2D eigenvalue weighted by atomic mass is 28.4. The van der Waals surface area contributed by atoms with Gasteiger partial charge in [0.05, 0.1) is 0 Å². The van der Waals surface area contributed by atoms with Crippen molar-refractivity contribution in [3.8, 4) is 0 Å². The van der Waals surface area contributed by atoms with Crippen molar-refractivity contribution < 1.29 is 13.0 Å². The minimum absolute atomic E-state index is 0.00658. The maximum absolute atomic E-state index is 11.1. The molecule has 0 N–H and O–H groups in total. The predicted molar refractivity (Wildman–Crippen MR) is 44.1 cm³/mol. The van der Waals surface area contributed by atoms with E-state index in [4.69, 9.17) is 4.12 Å². The van der Waals surface area contributed by atoms with Crippen molar-refractivity contribution >= 4 is 17.9 Å². The fraction of sp³-hybridized carbons (Fsp3) is 1.00. The van der Waals surface area contributed by atoms with E-state index in [1.54, 1.807) is 0 Å². The summed E-state index contributed by atoms with van der Waals surface area (Å²) in [5, 5.41) is 0. The van der Waals surface area contributed by atoms with Crippen molar-refractivity contribution in [2.75, 3.05) is 0 Å². The van der Waals surface area contributed by atoms with Crippen LogP contribution < -0.4 is 0 Å². The minimum atomic E-state index is -2.06. The first kappa shape index (κ1) is 10.8. The summed E-state index contributed by atoms with van der Waals surface area (Å²) in [5.41, 5.74) is -0.00658. The van der Waals surface area contributed by atoms with Gasteiger partial charge in [-0.2, -0.15) is 0 Å². The lowest BCUT2D eigenvalue weighted by Gasteiger charge is -2.14. The van der Waals surface area contributed by atoms with Gasteiger partial charge in [-0.15, -0.1) is 0 Å². The molecule has 11 heavy (non-hydrogen) atoms. The first-order chi connectivity index (χ1) is 4.81. The van der Waals surface area contributed by atoms with Crippen LogP contribution in [-0.2, 0) is 13.0 Å². The van der Waals surface area contributed by atoms with Crippen molar-refractivity contribution in [1.29, 1.82) is 0 Å². The molecule has 0 radical (unpaired) electrons. The van der Waals surface area contributed by atoms with Gasteiger partial charge in [0.15, 0.2) is 0 Å². The van der Waals surface area contributed by atoms with Crippen LogP contribution in [0, 0.1) is 5.41 Å². The average molecular weight is 190 g/mol. The van der Waals surface area contributed by atoms with Gasteiger partial charge in [-0.1, -0.05) is 20.8 Å². The Hall–Kier alpha value is -0.166. The molecule has 0 heterocycles. The van der Waals surface area contributed by atoms with Crippen LogP contribution in [0.3, 0.4) is 0 Å². The minimum Gasteiger partial charge on any atom is -0.525 e. The summed E-state index contributed by atoms with van der Waals surface area (Å²) in [4.78, 5) is 0. The Kier molecular flexibility index (Phi) is 3.95. The first-order valence-corrected chi connectivity index (χ1v) is 6.86. The SMILES string of the molecule is C[Si](=O)O[Si](=O)CC(C)(C)C. The molecule has 0 fully saturated rings. The zero-order chi connectivity index (χ0) is 9.07. The number of hydrogen-bond acceptors (Lipinski definition) is 3. The molecule has 0 rings (SSSR count). The largest absolute Gasteiger partial charge is 0.525 e. The highest BCUT2D eigenvalue weighted by molar-refractivity contribution is 6.49. The van der Waals surface area contributed by atoms with Crippen molar-refractivity contribution in [2.45, 2.75) is 33.4 Å². The van der Waals surface area contributed by atoms with Gasteiger partial charge in [0, 0.05) is 12.6 Å². The van der Waals surface area contributed by atoms with E-state index in [2.05, 4.69) is 0 Å². The standard InChI is InChI=1S/C6H14O3Si2/c1-6(2,3)5-11(8)9-10(4)7/h5H2,1-4H3. The van der Waals surface area contributed by atoms with E-state index in [9.17, 15) is 8.92 Å². The molecule has 0 aliphatic rings. The van der Waals surface area contributed by atoms with Crippen LogP contribution in [0.4, 0.5) is 0 Å². The van der Waals surface area contributed by atoms with E-state index in [1.165, 1.54) is 6.55 Å². The lowest BCUT2D eigenvalue weighted by atomic mass is 10.0. The average Bonchev–Trinajstić information content (AvgIpc) is 1.53. The fourth-order valence-corrected chi connectivity index (χ4v) is 3.07. The van der Waals surface area contributed by atoms with Gasteiger partial charge < -0.3 is 13.0 Å². The van der Waals surface area contributed by atoms with E-state index >= 15 is 0 Å². The van der Waals surface area contributed by atoms with Crippen LogP contribution in [0.25, 0.3) is 0 Å². The first-order valence-electron chi connectivity index (χ1n) is 3.52. The van der Waals surface area contributed by atoms with Crippen LogP contribution in [-0.4, -0.2) is 17.9 Å². The predicted octanol–water partition coefficient (Wildman–Crippen LogP) is 1.52. The second-order valence-corrected chi connectivity index (χ2v) is 6.60. The van der Waals surface area contributed by atoms with Crippen LogP contribution in [0.15, 0.2) is 0 Å². The summed E-state index contributed by atoms with van der Waals surface area (Å²) in [7, 11) is -4.09. The van der Waals surface area contributed by atoms with E-state index in [1.807, 2.05) is 20.8 Å². The smallest absolute Gasteiger partial charge is 0.495 e. The van der Waals surface area contributed by atoms with Crippen molar-refractivity contribution in [1.82, 2.24) is 0 Å². The van der Waals surface area contributed by atoms with Gasteiger partial charge >= 0.3 is 17.9 Å². The molecular weight excluding hydrogens is 176 g/mol. The van der Waals surface area contributed by atoms with Gasteiger partial charge in [0.2, 0.25) is 0 Å². The zero-order valence-corrected chi connectivity index (χ0v) is 9.43. The lowest BCUT2D eigenvalue weighted by molar-refractivity contribution is 0.380. The van der Waals surface area contributed by atoms with Gasteiger partial charge in [-0.25, -0.2) is 0 Å². The normalized spacial score (nSPS) is 10.9. The maximum Gasteiger partial charge on any atom is 0.495 e. The van der Waals surface area contributed by atoms with Gasteiger partial charge in [-0.3, -0.25) is 0 Å². The van der Waals surface area contributed by atoms with Crippen LogP contribution in [0.1, 0.15) is 20.8 Å². The van der Waals surface area contributed by atoms with Gasteiger partial charge in [-0.05, 0) is 5.41 Å². The molecule has 0 amide bonds. The quantitative estimate of drug-likeness (QED) is 0.634. The fourth-order valence-electron chi connectivity index (χ4n) is 0.629. The Morgan fingerprint density at radius 1 is 1.27 bits per heavy atom. The van der Waals surface area contributed by atoms with Crippen molar-refractivity contribution in [2.24, 2.45) is 5.41 Å². The van der Waals surface area contributed by atoms with Crippen molar-refractivity contribution in [3.05, 3.63) is 0 Å². The molecule has 0 saturated carbocycles. The molecule has 0 aliphatic heterocycles. The molecule has 0 aliphatic carbocycles. The van der Waals surface area contributed by atoms with Crippen LogP contribution >= 0.6 is 0 Å². The zero-order valence-electron chi connectivity index (χ0n) is 7.43. The maximum atomic E-state index is 11.1. The van der Waals surface area contributed by atoms with E-state index in [0.29, 0.717) is 6.04 Å². The monoisotopic (exact) mass is 190 g/mol. The Morgan fingerprint density at radius 2 is 1.73 bits per heavy atom. The Bertz CT molecular complexity index is 171. The Morgan fingerprint density at radius 3 is 2.00 bits per heavy atom. The summed E-state index contributed by atoms with van der Waals surface area (Å²) in [6.45, 7) is 7.39. The summed E-state index contributed by atoms with van der Waals surface area (Å²) in [6.07, 6.45) is 0. The summed E-state index contributed by atoms with van der Waals surface area (Å²) >= 11 is 0. The molecular formula is C6H14O3Si2. The Labute approximate surface area is 70.3 Å². The second-order valence-electron chi connectivity index (χ2n) is 3.70. The molecule has 64 valence electrons. The molecule has 0 saturated heterocycles. The van der Waals surface area contributed by atoms with E-state index < -0.39 is 17.9 Å². The van der Waals surface area contributed by atoms with E-state index in [-0.39, 0.29) is 5.41 Å². The molecule has 3 nitrogen and oxygen atoms in total. The molecule has 0 bridgehead atoms. The topological polar surface area (TPSA) is 43.4 Å². The summed E-state index contributed by atoms with van der Waals surface area (Å²) in [6, 6.07) is 0.502. The van der Waals surface area contributed by atoms with Crippen molar-refractivity contribution in [3.63, 3.8) is 0 Å².